The van der Waals surface area contributed by atoms with Crippen LogP contribution in [0.25, 0.3) is 0 Å². The minimum atomic E-state index is -2.85. The number of Topliss-reactive ketones (excluding diaryl/α,β-unsaturated/α-hetero) is 1. The number of ketones is 1. The predicted molar refractivity (Wildman–Crippen MR) is 216 cm³/mol. The molecule has 354 valence electrons. The van der Waals surface area contributed by atoms with Crippen LogP contribution in [0.1, 0.15) is 115 Å². The zero-order chi connectivity index (χ0) is 46.6. The first-order valence-electron chi connectivity index (χ1n) is 21.5. The molecule has 3 rings (SSSR count). The molecule has 4 N–H and O–H groups in total. The molecule has 0 aromatic carbocycles. The van der Waals surface area contributed by atoms with Gasteiger partial charge in [-0.3, -0.25) is 19.2 Å². The van der Waals surface area contributed by atoms with Crippen LogP contribution in [0.2, 0.25) is 0 Å². The Morgan fingerprint density at radius 1 is 0.885 bits per heavy atom. The van der Waals surface area contributed by atoms with Gasteiger partial charge < -0.3 is 63.2 Å². The van der Waals surface area contributed by atoms with Crippen LogP contribution >= 0.6 is 0 Å². The number of nitrogens with zero attached hydrogens (tertiary/aromatic N) is 1. The van der Waals surface area contributed by atoms with Gasteiger partial charge in [-0.25, -0.2) is 4.39 Å². The average molecular weight is 880 g/mol. The van der Waals surface area contributed by atoms with Crippen molar-refractivity contribution in [3.05, 3.63) is 0 Å². The maximum Gasteiger partial charge on any atom is 0.311 e. The monoisotopic (exact) mass is 879 g/mol. The fourth-order valence-corrected chi connectivity index (χ4v) is 9.21. The smallest absolute Gasteiger partial charge is 0.311 e. The van der Waals surface area contributed by atoms with Crippen molar-refractivity contribution in [1.82, 2.24) is 4.90 Å². The molecular weight excluding hydrogens is 805 g/mol. The van der Waals surface area contributed by atoms with Gasteiger partial charge in [-0.15, -0.1) is 0 Å². The van der Waals surface area contributed by atoms with Crippen molar-refractivity contribution in [1.29, 1.82) is 0 Å². The summed E-state index contributed by atoms with van der Waals surface area (Å²) in [6.45, 7) is 16.2. The van der Waals surface area contributed by atoms with Crippen LogP contribution in [-0.4, -0.2) is 167 Å². The van der Waals surface area contributed by atoms with Crippen LogP contribution in [0.3, 0.4) is 0 Å². The number of rotatable bonds is 12. The Balaban J connectivity index is 2.25. The maximum absolute atomic E-state index is 17.1. The third-order valence-corrected chi connectivity index (χ3v) is 12.9. The van der Waals surface area contributed by atoms with Crippen molar-refractivity contribution in [3.63, 3.8) is 0 Å². The first kappa shape index (κ1) is 53.0. The molecule has 0 aromatic rings. The lowest BCUT2D eigenvalue weighted by atomic mass is 9.73. The van der Waals surface area contributed by atoms with Crippen LogP contribution in [0.15, 0.2) is 0 Å². The van der Waals surface area contributed by atoms with E-state index in [1.807, 2.05) is 4.90 Å². The second kappa shape index (κ2) is 21.1. The summed E-state index contributed by atoms with van der Waals surface area (Å²) in [6.07, 6.45) is -13.4. The standard InChI is InChI=1S/C43H74FNO16/c1-15-28-43(11,53)35(49)25(6)34(48)40(8,44)21-41(9,52)37(23(4)32(24(5)38(51)58-28)60-31-20-42(10,54-14)36(50)26(7)57-31)61-39-33(27(45(12)13)19-22(3)56-39)59-30(47)18-17-29(46)55-16-2/h22-28,31-33,35-37,39,49-50,52-53H,15-21H2,1-14H3/t22-,23+,24-,25+,26+,27+,28-,31+,32+,33-,35-,36+,37-,39+,40+,41-,42-,43-/m1/s1. The van der Waals surface area contributed by atoms with E-state index in [9.17, 15) is 39.6 Å². The molecule has 17 nitrogen and oxygen atoms in total. The van der Waals surface area contributed by atoms with E-state index in [2.05, 4.69) is 0 Å². The van der Waals surface area contributed by atoms with Gasteiger partial charge in [-0.2, -0.15) is 0 Å². The van der Waals surface area contributed by atoms with Gasteiger partial charge >= 0.3 is 17.9 Å². The zero-order valence-corrected chi connectivity index (χ0v) is 38.5. The van der Waals surface area contributed by atoms with E-state index in [-0.39, 0.29) is 32.3 Å². The second-order valence-electron chi connectivity index (χ2n) is 18.5. The van der Waals surface area contributed by atoms with Gasteiger partial charge in [0.2, 0.25) is 0 Å². The Hall–Kier alpha value is -2.39. The molecule has 0 bridgehead atoms. The lowest BCUT2D eigenvalue weighted by Gasteiger charge is -2.49. The Morgan fingerprint density at radius 3 is 2.05 bits per heavy atom. The van der Waals surface area contributed by atoms with Crippen molar-refractivity contribution in [3.8, 4) is 0 Å². The fourth-order valence-electron chi connectivity index (χ4n) is 9.21. The third kappa shape index (κ3) is 12.5. The quantitative estimate of drug-likeness (QED) is 0.163. The molecule has 0 unspecified atom stereocenters. The number of halogens is 1. The molecule has 0 saturated carbocycles. The molecule has 61 heavy (non-hydrogen) atoms. The lowest BCUT2D eigenvalue weighted by Crippen LogP contribution is -2.62. The van der Waals surface area contributed by atoms with E-state index < -0.39 is 138 Å². The number of carbonyl (C=O) groups excluding carboxylic acids is 4. The van der Waals surface area contributed by atoms with E-state index >= 15 is 4.39 Å². The summed E-state index contributed by atoms with van der Waals surface area (Å²) < 4.78 is 65.4. The number of hydrogen-bond donors (Lipinski definition) is 4. The van der Waals surface area contributed by atoms with Crippen molar-refractivity contribution >= 4 is 23.7 Å². The highest BCUT2D eigenvalue weighted by Crippen LogP contribution is 2.42. The molecule has 3 heterocycles. The average Bonchev–Trinajstić information content (AvgIpc) is 3.17. The molecule has 18 atom stereocenters. The molecular formula is C43H74FNO16. The van der Waals surface area contributed by atoms with Gasteiger partial charge in [-0.1, -0.05) is 20.8 Å². The molecule has 3 aliphatic heterocycles. The van der Waals surface area contributed by atoms with E-state index in [1.54, 1.807) is 55.6 Å². The molecule has 3 fully saturated rings. The van der Waals surface area contributed by atoms with Gasteiger partial charge in [0.15, 0.2) is 30.1 Å². The normalized spacial score (nSPS) is 44.5. The number of cyclic esters (lactones) is 1. The van der Waals surface area contributed by atoms with Crippen molar-refractivity contribution in [2.45, 2.75) is 205 Å². The molecule has 0 spiro atoms. The van der Waals surface area contributed by atoms with Gasteiger partial charge in [0, 0.05) is 31.8 Å². The van der Waals surface area contributed by atoms with Gasteiger partial charge in [0.1, 0.15) is 17.8 Å². The Kier molecular flexibility index (Phi) is 18.3. The van der Waals surface area contributed by atoms with Gasteiger partial charge in [-0.05, 0) is 82.3 Å². The minimum Gasteiger partial charge on any atom is -0.466 e. The number of aliphatic hydroxyl groups excluding tert-OH is 2. The van der Waals surface area contributed by atoms with Crippen LogP contribution in [0, 0.1) is 17.8 Å². The molecule has 0 aromatic heterocycles. The molecule has 18 heteroatoms. The number of ether oxygens (including phenoxy) is 8. The molecule has 0 aliphatic carbocycles. The molecule has 0 amide bonds. The SMILES string of the molecule is CCOC(=O)CCC(=O)O[C@H]1[C@H](O[C@@H]2[C@@H](C)[C@H](O[C@H]3C[C@@](C)(OC)[C@@H](O)[C@H](C)O3)[C@@H](C)C(=O)O[C@H](CC)[C@@](C)(O)[C@H](O)[C@@H](C)C(=O)[C@@](C)(F)C[C@@]2(C)O)O[C@H](C)C[C@@H]1N(C)C. The highest BCUT2D eigenvalue weighted by Gasteiger charge is 2.56. The number of carbonyl (C=O) groups is 4. The molecule has 0 radical (unpaired) electrons. The Morgan fingerprint density at radius 2 is 1.49 bits per heavy atom. The number of alkyl halides is 1. The second-order valence-corrected chi connectivity index (χ2v) is 18.5. The summed E-state index contributed by atoms with van der Waals surface area (Å²) in [6, 6.07) is -0.524. The fraction of sp³-hybridized carbons (Fsp3) is 0.907. The summed E-state index contributed by atoms with van der Waals surface area (Å²) in [7, 11) is 4.96. The van der Waals surface area contributed by atoms with Crippen molar-refractivity contribution < 1.29 is 81.9 Å². The highest BCUT2D eigenvalue weighted by atomic mass is 19.1. The first-order chi connectivity index (χ1) is 28.1. The van der Waals surface area contributed by atoms with Crippen LogP contribution in [-0.2, 0) is 57.1 Å². The van der Waals surface area contributed by atoms with E-state index in [0.717, 1.165) is 6.92 Å². The van der Waals surface area contributed by atoms with Crippen LogP contribution in [0.4, 0.5) is 4.39 Å². The predicted octanol–water partition coefficient (Wildman–Crippen LogP) is 2.77. The maximum atomic E-state index is 17.1. The third-order valence-electron chi connectivity index (χ3n) is 12.9. The number of likely N-dealkylation sites (N-methyl/N-ethyl adjacent to an activating group) is 1. The molecule has 3 saturated heterocycles. The van der Waals surface area contributed by atoms with E-state index in [0.29, 0.717) is 6.42 Å². The first-order valence-corrected chi connectivity index (χ1v) is 21.5. The minimum absolute atomic E-state index is 0.00464. The topological polar surface area (TPSA) is 226 Å². The summed E-state index contributed by atoms with van der Waals surface area (Å²) in [4.78, 5) is 55.5. The summed E-state index contributed by atoms with van der Waals surface area (Å²) >= 11 is 0. The highest BCUT2D eigenvalue weighted by molar-refractivity contribution is 5.89. The Bertz CT molecular complexity index is 1490. The van der Waals surface area contributed by atoms with Gasteiger partial charge in [0.05, 0.1) is 73.1 Å². The summed E-state index contributed by atoms with van der Waals surface area (Å²) in [5.41, 5.74) is -8.56. The summed E-state index contributed by atoms with van der Waals surface area (Å²) in [5.74, 6) is -7.30. The lowest BCUT2D eigenvalue weighted by molar-refractivity contribution is -0.319. The van der Waals surface area contributed by atoms with Crippen LogP contribution < -0.4 is 0 Å². The number of hydrogen-bond acceptors (Lipinski definition) is 17. The number of aliphatic hydroxyl groups is 4. The molecule has 3 aliphatic rings. The zero-order valence-electron chi connectivity index (χ0n) is 38.5. The Labute approximate surface area is 360 Å². The number of esters is 3. The largest absolute Gasteiger partial charge is 0.466 e. The van der Waals surface area contributed by atoms with Gasteiger partial charge in [0.25, 0.3) is 0 Å². The van der Waals surface area contributed by atoms with Crippen molar-refractivity contribution in [2.75, 3.05) is 27.8 Å². The van der Waals surface area contributed by atoms with Crippen LogP contribution in [0.5, 0.6) is 0 Å². The van der Waals surface area contributed by atoms with Crippen molar-refractivity contribution in [2.24, 2.45) is 17.8 Å². The van der Waals surface area contributed by atoms with E-state index in [1.165, 1.54) is 34.8 Å². The number of methoxy groups -OCH3 is 1. The summed E-state index contributed by atoms with van der Waals surface area (Å²) in [5, 5.41) is 46.6. The van der Waals surface area contributed by atoms with E-state index in [4.69, 9.17) is 37.9 Å².